The monoisotopic (exact) mass is 331 g/mol. The highest BCUT2D eigenvalue weighted by atomic mass is 35.5. The van der Waals surface area contributed by atoms with Crippen molar-refractivity contribution in [3.8, 4) is 17.5 Å². The number of benzene rings is 1. The Morgan fingerprint density at radius 3 is 2.70 bits per heavy atom. The van der Waals surface area contributed by atoms with Gasteiger partial charge in [0, 0.05) is 23.8 Å². The molecule has 1 aromatic heterocycles. The van der Waals surface area contributed by atoms with Gasteiger partial charge in [0.2, 0.25) is 5.82 Å². The van der Waals surface area contributed by atoms with Crippen molar-refractivity contribution in [2.75, 3.05) is 13.2 Å². The number of tetrazole rings is 1. The second kappa shape index (κ2) is 7.07. The lowest BCUT2D eigenvalue weighted by molar-refractivity contribution is 0.0354. The van der Waals surface area contributed by atoms with Crippen molar-refractivity contribution in [2.24, 2.45) is 5.41 Å². The van der Waals surface area contributed by atoms with E-state index in [2.05, 4.69) is 21.5 Å². The lowest BCUT2D eigenvalue weighted by Crippen LogP contribution is -2.28. The van der Waals surface area contributed by atoms with Crippen LogP contribution in [0.5, 0.6) is 0 Å². The first kappa shape index (κ1) is 15.9. The fourth-order valence-corrected chi connectivity index (χ4v) is 2.92. The molecule has 1 fully saturated rings. The second-order valence-electron chi connectivity index (χ2n) is 5.82. The SMILES string of the molecule is N#CC1(CCCn2nnc(-c3ccc(Cl)cc3)n2)CCOCC1. The predicted octanol–water partition coefficient (Wildman–Crippen LogP) is 3.09. The van der Waals surface area contributed by atoms with Crippen LogP contribution in [-0.2, 0) is 11.3 Å². The van der Waals surface area contributed by atoms with E-state index in [4.69, 9.17) is 16.3 Å². The van der Waals surface area contributed by atoms with Crippen LogP contribution < -0.4 is 0 Å². The first-order valence-corrected chi connectivity index (χ1v) is 8.11. The topological polar surface area (TPSA) is 76.6 Å². The van der Waals surface area contributed by atoms with Crippen molar-refractivity contribution in [1.82, 2.24) is 20.2 Å². The van der Waals surface area contributed by atoms with Gasteiger partial charge in [-0.2, -0.15) is 10.1 Å². The van der Waals surface area contributed by atoms with Gasteiger partial charge in [0.25, 0.3) is 0 Å². The zero-order chi connectivity index (χ0) is 16.1. The smallest absolute Gasteiger partial charge is 0.204 e. The molecule has 1 aliphatic heterocycles. The summed E-state index contributed by atoms with van der Waals surface area (Å²) in [4.78, 5) is 1.59. The van der Waals surface area contributed by atoms with Crippen molar-refractivity contribution in [2.45, 2.75) is 32.2 Å². The van der Waals surface area contributed by atoms with Crippen molar-refractivity contribution >= 4 is 11.6 Å². The normalized spacial score (nSPS) is 16.9. The molecule has 0 saturated carbocycles. The molecule has 2 heterocycles. The Morgan fingerprint density at radius 1 is 1.26 bits per heavy atom. The molecule has 0 aliphatic carbocycles. The molecule has 0 N–H and O–H groups in total. The van der Waals surface area contributed by atoms with E-state index >= 15 is 0 Å². The molecule has 3 rings (SSSR count). The number of aryl methyl sites for hydroxylation is 1. The highest BCUT2D eigenvalue weighted by Gasteiger charge is 2.32. The standard InChI is InChI=1S/C16H18ClN5O/c17-14-4-2-13(3-5-14)15-19-21-22(20-15)9-1-6-16(12-18)7-10-23-11-8-16/h2-5H,1,6-11H2. The molecule has 120 valence electrons. The van der Waals surface area contributed by atoms with E-state index in [1.807, 2.05) is 12.1 Å². The zero-order valence-corrected chi connectivity index (χ0v) is 13.5. The highest BCUT2D eigenvalue weighted by molar-refractivity contribution is 6.30. The molecule has 0 unspecified atom stereocenters. The van der Waals surface area contributed by atoms with Gasteiger partial charge >= 0.3 is 0 Å². The zero-order valence-electron chi connectivity index (χ0n) is 12.8. The van der Waals surface area contributed by atoms with Gasteiger partial charge in [-0.15, -0.1) is 10.2 Å². The molecular weight excluding hydrogens is 314 g/mol. The Labute approximate surface area is 140 Å². The fourth-order valence-electron chi connectivity index (χ4n) is 2.79. The maximum atomic E-state index is 9.45. The van der Waals surface area contributed by atoms with E-state index < -0.39 is 0 Å². The van der Waals surface area contributed by atoms with Gasteiger partial charge in [-0.25, -0.2) is 0 Å². The third kappa shape index (κ3) is 3.87. The molecular formula is C16H18ClN5O. The van der Waals surface area contributed by atoms with Crippen LogP contribution >= 0.6 is 11.6 Å². The number of hydrogen-bond donors (Lipinski definition) is 0. The van der Waals surface area contributed by atoms with Crippen LogP contribution in [0.1, 0.15) is 25.7 Å². The molecule has 23 heavy (non-hydrogen) atoms. The average molecular weight is 332 g/mol. The summed E-state index contributed by atoms with van der Waals surface area (Å²) in [5.41, 5.74) is 0.635. The number of nitrogens with zero attached hydrogens (tertiary/aromatic N) is 5. The van der Waals surface area contributed by atoms with Crippen molar-refractivity contribution in [3.05, 3.63) is 29.3 Å². The van der Waals surface area contributed by atoms with Crippen LogP contribution in [0.15, 0.2) is 24.3 Å². The summed E-state index contributed by atoms with van der Waals surface area (Å²) in [5.74, 6) is 0.586. The Balaban J connectivity index is 1.57. The van der Waals surface area contributed by atoms with E-state index in [1.54, 1.807) is 16.9 Å². The Hall–Kier alpha value is -1.97. The molecule has 7 heteroatoms. The molecule has 0 radical (unpaired) electrons. The summed E-state index contributed by atoms with van der Waals surface area (Å²) in [5, 5.41) is 22.7. The van der Waals surface area contributed by atoms with Crippen LogP contribution in [0.4, 0.5) is 0 Å². The van der Waals surface area contributed by atoms with Gasteiger partial charge in [0.15, 0.2) is 0 Å². The van der Waals surface area contributed by atoms with Crippen LogP contribution in [0.3, 0.4) is 0 Å². The highest BCUT2D eigenvalue weighted by Crippen LogP contribution is 2.34. The molecule has 0 amide bonds. The average Bonchev–Trinajstić information content (AvgIpc) is 3.05. The van der Waals surface area contributed by atoms with Crippen molar-refractivity contribution in [3.63, 3.8) is 0 Å². The van der Waals surface area contributed by atoms with Gasteiger partial charge in [-0.05, 0) is 55.2 Å². The maximum Gasteiger partial charge on any atom is 0.204 e. The minimum atomic E-state index is -0.252. The van der Waals surface area contributed by atoms with Gasteiger partial charge in [-0.3, -0.25) is 0 Å². The predicted molar refractivity (Wildman–Crippen MR) is 85.6 cm³/mol. The Bertz CT molecular complexity index is 685. The minimum absolute atomic E-state index is 0.252. The Kier molecular flexibility index (Phi) is 4.89. The number of halogens is 1. The number of rotatable bonds is 5. The van der Waals surface area contributed by atoms with Gasteiger partial charge < -0.3 is 4.74 Å². The van der Waals surface area contributed by atoms with Crippen molar-refractivity contribution < 1.29 is 4.74 Å². The number of nitriles is 1. The van der Waals surface area contributed by atoms with Gasteiger partial charge in [-0.1, -0.05) is 11.6 Å². The number of hydrogen-bond acceptors (Lipinski definition) is 5. The molecule has 6 nitrogen and oxygen atoms in total. The van der Waals surface area contributed by atoms with Crippen LogP contribution in [0.25, 0.3) is 11.4 Å². The lowest BCUT2D eigenvalue weighted by atomic mass is 9.78. The fraction of sp³-hybridized carbons (Fsp3) is 0.500. The quantitative estimate of drug-likeness (QED) is 0.841. The Morgan fingerprint density at radius 2 is 2.00 bits per heavy atom. The van der Waals surface area contributed by atoms with Crippen LogP contribution in [-0.4, -0.2) is 33.4 Å². The molecule has 2 aromatic rings. The molecule has 1 aromatic carbocycles. The van der Waals surface area contributed by atoms with E-state index in [0.29, 0.717) is 30.6 Å². The minimum Gasteiger partial charge on any atom is -0.381 e. The van der Waals surface area contributed by atoms with Gasteiger partial charge in [0.1, 0.15) is 0 Å². The first-order chi connectivity index (χ1) is 11.2. The van der Waals surface area contributed by atoms with E-state index in [1.165, 1.54) is 0 Å². The van der Waals surface area contributed by atoms with Crippen LogP contribution in [0, 0.1) is 16.7 Å². The summed E-state index contributed by atoms with van der Waals surface area (Å²) in [6.45, 7) is 2.01. The summed E-state index contributed by atoms with van der Waals surface area (Å²) >= 11 is 5.88. The summed E-state index contributed by atoms with van der Waals surface area (Å²) in [7, 11) is 0. The largest absolute Gasteiger partial charge is 0.381 e. The number of aromatic nitrogens is 4. The summed E-state index contributed by atoms with van der Waals surface area (Å²) < 4.78 is 5.35. The molecule has 0 bridgehead atoms. The van der Waals surface area contributed by atoms with Crippen molar-refractivity contribution in [1.29, 1.82) is 5.26 Å². The molecule has 1 saturated heterocycles. The summed E-state index contributed by atoms with van der Waals surface area (Å²) in [6.07, 6.45) is 3.31. The van der Waals surface area contributed by atoms with E-state index in [0.717, 1.165) is 31.2 Å². The lowest BCUT2D eigenvalue weighted by Gasteiger charge is -2.30. The van der Waals surface area contributed by atoms with Gasteiger partial charge in [0.05, 0.1) is 18.0 Å². The second-order valence-corrected chi connectivity index (χ2v) is 6.26. The molecule has 0 spiro atoms. The van der Waals surface area contributed by atoms with E-state index in [9.17, 15) is 5.26 Å². The third-order valence-electron chi connectivity index (χ3n) is 4.26. The molecule has 0 atom stereocenters. The van der Waals surface area contributed by atoms with Crippen LogP contribution in [0.2, 0.25) is 5.02 Å². The van der Waals surface area contributed by atoms with E-state index in [-0.39, 0.29) is 5.41 Å². The third-order valence-corrected chi connectivity index (χ3v) is 4.51. The molecule has 1 aliphatic rings. The number of ether oxygens (including phenoxy) is 1. The first-order valence-electron chi connectivity index (χ1n) is 7.74. The maximum absolute atomic E-state index is 9.45. The summed E-state index contributed by atoms with van der Waals surface area (Å²) in [6, 6.07) is 9.83.